The number of pyridine rings is 2. The van der Waals surface area contributed by atoms with Gasteiger partial charge >= 0.3 is 0 Å². The first-order chi connectivity index (χ1) is 13.7. The van der Waals surface area contributed by atoms with Gasteiger partial charge in [-0.1, -0.05) is 24.3 Å². The second-order valence-electron chi connectivity index (χ2n) is 5.53. The molecule has 0 aliphatic heterocycles. The number of para-hydroxylation sites is 2. The van der Waals surface area contributed by atoms with Gasteiger partial charge in [-0.3, -0.25) is 19.6 Å². The van der Waals surface area contributed by atoms with Crippen LogP contribution in [0.5, 0.6) is 0 Å². The first-order valence-electron chi connectivity index (χ1n) is 8.24. The van der Waals surface area contributed by atoms with Crippen LogP contribution in [-0.2, 0) is 0 Å². The third kappa shape index (κ3) is 4.08. The molecule has 0 aliphatic rings. The Labute approximate surface area is 168 Å². The first-order valence-corrected chi connectivity index (χ1v) is 9.87. The second kappa shape index (κ2) is 8.28. The summed E-state index contributed by atoms with van der Waals surface area (Å²) in [7, 11) is 0. The molecule has 0 atom stereocenters. The van der Waals surface area contributed by atoms with Gasteiger partial charge in [-0.05, 0) is 59.9 Å². The van der Waals surface area contributed by atoms with Crippen molar-refractivity contribution >= 4 is 44.8 Å². The minimum Gasteiger partial charge on any atom is -0.279 e. The minimum absolute atomic E-state index is 0.266. The number of hydrogen-bond donors (Lipinski definition) is 0. The topological polar surface area (TPSA) is 85.7 Å². The van der Waals surface area contributed by atoms with Crippen molar-refractivity contribution in [2.75, 3.05) is 0 Å². The fourth-order valence-corrected chi connectivity index (χ4v) is 3.95. The summed E-state index contributed by atoms with van der Waals surface area (Å²) in [5, 5.41) is 0.196. The summed E-state index contributed by atoms with van der Waals surface area (Å²) >= 11 is 1.81. The van der Waals surface area contributed by atoms with E-state index in [1.807, 2.05) is 24.3 Å². The summed E-state index contributed by atoms with van der Waals surface area (Å²) in [6.07, 6.45) is 3.11. The maximum atomic E-state index is 12.6. The number of nitrogens with zero attached hydrogens (tertiary/aromatic N) is 4. The van der Waals surface area contributed by atoms with E-state index in [-0.39, 0.29) is 10.2 Å². The Bertz CT molecular complexity index is 1060. The molecule has 6 nitrogen and oxygen atoms in total. The smallest absolute Gasteiger partial charge is 0.244 e. The van der Waals surface area contributed by atoms with Crippen LogP contribution >= 0.6 is 23.5 Å². The highest BCUT2D eigenvalue weighted by atomic mass is 32.2. The van der Waals surface area contributed by atoms with Crippen LogP contribution in [-0.4, -0.2) is 30.2 Å². The average molecular weight is 404 g/mol. The normalized spacial score (nSPS) is 10.7. The van der Waals surface area contributed by atoms with Crippen LogP contribution in [0.4, 0.5) is 0 Å². The van der Waals surface area contributed by atoms with E-state index in [0.29, 0.717) is 32.5 Å². The highest BCUT2D eigenvalue weighted by molar-refractivity contribution is 8.16. The van der Waals surface area contributed by atoms with E-state index < -0.39 is 0 Å². The maximum absolute atomic E-state index is 12.6. The van der Waals surface area contributed by atoms with Crippen molar-refractivity contribution in [1.82, 2.24) is 19.9 Å². The summed E-state index contributed by atoms with van der Waals surface area (Å²) in [6, 6.07) is 17.6. The summed E-state index contributed by atoms with van der Waals surface area (Å²) in [4.78, 5) is 42.4. The molecule has 136 valence electrons. The number of thioether (sulfide) groups is 2. The summed E-state index contributed by atoms with van der Waals surface area (Å²) in [5.41, 5.74) is 1.92. The fraction of sp³-hybridized carbons (Fsp3) is 0. The number of hydrogen-bond acceptors (Lipinski definition) is 8. The molecule has 4 aromatic rings. The third-order valence-electron chi connectivity index (χ3n) is 3.64. The van der Waals surface area contributed by atoms with Crippen LogP contribution in [0.15, 0.2) is 83.1 Å². The molecule has 0 bridgehead atoms. The Morgan fingerprint density at radius 2 is 1.04 bits per heavy atom. The van der Waals surface area contributed by atoms with Crippen molar-refractivity contribution in [2.24, 2.45) is 0 Å². The van der Waals surface area contributed by atoms with Crippen LogP contribution in [0.3, 0.4) is 0 Å². The molecule has 28 heavy (non-hydrogen) atoms. The first kappa shape index (κ1) is 18.3. The van der Waals surface area contributed by atoms with Crippen molar-refractivity contribution in [3.8, 4) is 0 Å². The van der Waals surface area contributed by atoms with Gasteiger partial charge in [0, 0.05) is 12.4 Å². The standard InChI is InChI=1S/C20H12N4O2S2/c25-19(15-9-3-5-11-21-15)27-17-18(24-14-8-2-1-7-13(14)23-17)28-20(26)16-10-4-6-12-22-16/h1-12H. The Morgan fingerprint density at radius 3 is 1.43 bits per heavy atom. The van der Waals surface area contributed by atoms with Crippen LogP contribution in [0.1, 0.15) is 21.0 Å². The number of carbonyl (C=O) groups is 2. The molecule has 0 saturated carbocycles. The van der Waals surface area contributed by atoms with Crippen LogP contribution < -0.4 is 0 Å². The Kier molecular flexibility index (Phi) is 5.41. The van der Waals surface area contributed by atoms with Crippen molar-refractivity contribution < 1.29 is 9.59 Å². The van der Waals surface area contributed by atoms with Crippen LogP contribution in [0, 0.1) is 0 Å². The SMILES string of the molecule is O=C(Sc1nc2ccccc2nc1SC(=O)c1ccccn1)c1ccccn1. The molecule has 0 saturated heterocycles. The monoisotopic (exact) mass is 404 g/mol. The molecule has 0 N–H and O–H groups in total. The zero-order valence-corrected chi connectivity index (χ0v) is 16.0. The molecular formula is C20H12N4O2S2. The van der Waals surface area contributed by atoms with Gasteiger partial charge < -0.3 is 0 Å². The Balaban J connectivity index is 1.70. The predicted molar refractivity (Wildman–Crippen MR) is 108 cm³/mol. The Hall–Kier alpha value is -3.10. The lowest BCUT2D eigenvalue weighted by Crippen LogP contribution is -2.02. The van der Waals surface area contributed by atoms with E-state index in [1.54, 1.807) is 48.8 Å². The molecule has 3 aromatic heterocycles. The quantitative estimate of drug-likeness (QED) is 0.466. The molecule has 0 unspecified atom stereocenters. The van der Waals surface area contributed by atoms with E-state index >= 15 is 0 Å². The fourth-order valence-electron chi connectivity index (χ4n) is 2.35. The zero-order chi connectivity index (χ0) is 19.3. The Morgan fingerprint density at radius 1 is 0.607 bits per heavy atom. The third-order valence-corrected chi connectivity index (χ3v) is 5.51. The van der Waals surface area contributed by atoms with Gasteiger partial charge in [0.05, 0.1) is 11.0 Å². The molecule has 3 heterocycles. The molecule has 0 aliphatic carbocycles. The van der Waals surface area contributed by atoms with Crippen molar-refractivity contribution in [2.45, 2.75) is 10.1 Å². The summed E-state index contributed by atoms with van der Waals surface area (Å²) < 4.78 is 0. The molecule has 0 radical (unpaired) electrons. The zero-order valence-electron chi connectivity index (χ0n) is 14.4. The number of aromatic nitrogens is 4. The molecule has 1 aromatic carbocycles. The van der Waals surface area contributed by atoms with Crippen molar-refractivity contribution in [3.63, 3.8) is 0 Å². The van der Waals surface area contributed by atoms with Gasteiger partial charge in [0.2, 0.25) is 10.2 Å². The average Bonchev–Trinajstić information content (AvgIpc) is 2.75. The van der Waals surface area contributed by atoms with Gasteiger partial charge in [0.1, 0.15) is 21.4 Å². The van der Waals surface area contributed by atoms with Gasteiger partial charge in [0.15, 0.2) is 0 Å². The lowest BCUT2D eigenvalue weighted by atomic mass is 10.3. The van der Waals surface area contributed by atoms with E-state index in [4.69, 9.17) is 0 Å². The molecule has 8 heteroatoms. The minimum atomic E-state index is -0.266. The molecule has 0 fully saturated rings. The number of benzene rings is 1. The number of fused-ring (bicyclic) bond motifs is 1. The van der Waals surface area contributed by atoms with E-state index in [0.717, 1.165) is 23.5 Å². The molecular weight excluding hydrogens is 392 g/mol. The van der Waals surface area contributed by atoms with E-state index in [2.05, 4.69) is 19.9 Å². The van der Waals surface area contributed by atoms with E-state index in [9.17, 15) is 9.59 Å². The molecule has 0 amide bonds. The van der Waals surface area contributed by atoms with Gasteiger partial charge in [0.25, 0.3) is 0 Å². The maximum Gasteiger partial charge on any atom is 0.244 e. The van der Waals surface area contributed by atoms with Gasteiger partial charge in [-0.15, -0.1) is 0 Å². The predicted octanol–water partition coefficient (Wildman–Crippen LogP) is 4.28. The lowest BCUT2D eigenvalue weighted by molar-refractivity contribution is 0.107. The molecule has 0 spiro atoms. The lowest BCUT2D eigenvalue weighted by Gasteiger charge is -2.08. The highest BCUT2D eigenvalue weighted by Crippen LogP contribution is 2.32. The van der Waals surface area contributed by atoms with Gasteiger partial charge in [-0.2, -0.15) is 0 Å². The van der Waals surface area contributed by atoms with Crippen molar-refractivity contribution in [1.29, 1.82) is 0 Å². The van der Waals surface area contributed by atoms with Crippen LogP contribution in [0.25, 0.3) is 11.0 Å². The van der Waals surface area contributed by atoms with Gasteiger partial charge in [-0.25, -0.2) is 9.97 Å². The number of rotatable bonds is 4. The van der Waals surface area contributed by atoms with E-state index in [1.165, 1.54) is 0 Å². The van der Waals surface area contributed by atoms with Crippen molar-refractivity contribution in [3.05, 3.63) is 84.4 Å². The number of carbonyl (C=O) groups excluding carboxylic acids is 2. The highest BCUT2D eigenvalue weighted by Gasteiger charge is 2.20. The summed E-state index contributed by atoms with van der Waals surface area (Å²) in [5.74, 6) is 0. The van der Waals surface area contributed by atoms with Crippen LogP contribution in [0.2, 0.25) is 0 Å². The largest absolute Gasteiger partial charge is 0.279 e. The molecule has 4 rings (SSSR count). The summed E-state index contributed by atoms with van der Waals surface area (Å²) in [6.45, 7) is 0. The second-order valence-corrected chi connectivity index (χ2v) is 7.45.